The number of carboxylic acids is 1. The maximum Gasteiger partial charge on any atom is 0.323 e. The van der Waals surface area contributed by atoms with Crippen molar-refractivity contribution in [3.8, 4) is 0 Å². The number of nitrogens with zero attached hydrogens (tertiary/aromatic N) is 1. The summed E-state index contributed by atoms with van der Waals surface area (Å²) in [6, 6.07) is 4.57. The van der Waals surface area contributed by atoms with Crippen molar-refractivity contribution >= 4 is 27.6 Å². The van der Waals surface area contributed by atoms with Crippen molar-refractivity contribution in [2.75, 3.05) is 18.8 Å². The molecule has 0 spiro atoms. The summed E-state index contributed by atoms with van der Waals surface area (Å²) < 4.78 is 26.1. The van der Waals surface area contributed by atoms with Gasteiger partial charge in [0.15, 0.2) is 5.25 Å². The van der Waals surface area contributed by atoms with Gasteiger partial charge in [-0.3, -0.25) is 14.3 Å². The number of aliphatic carboxylic acids is 1. The van der Waals surface area contributed by atoms with Crippen LogP contribution in [0.25, 0.3) is 0 Å². The molecule has 0 saturated carbocycles. The maximum absolute atomic E-state index is 11.9. The van der Waals surface area contributed by atoms with Crippen molar-refractivity contribution in [2.24, 2.45) is 0 Å². The molecule has 0 heterocycles. The Morgan fingerprint density at radius 1 is 1.29 bits per heavy atom. The summed E-state index contributed by atoms with van der Waals surface area (Å²) in [6.07, 6.45) is 0. The number of carbonyl (C=O) groups is 2. The summed E-state index contributed by atoms with van der Waals surface area (Å²) in [6.45, 7) is 2.74. The fraction of sp³-hybridized carbons (Fsp3) is 0.385. The Labute approximate surface area is 123 Å². The Hall–Kier alpha value is -2.09. The smallest absolute Gasteiger partial charge is 0.323 e. The number of sulfonamides is 1. The van der Waals surface area contributed by atoms with Gasteiger partial charge in [0.1, 0.15) is 0 Å². The zero-order valence-electron chi connectivity index (χ0n) is 12.2. The van der Waals surface area contributed by atoms with Crippen LogP contribution in [0.5, 0.6) is 0 Å². The molecule has 1 aromatic rings. The Balaban J connectivity index is 3.17. The molecule has 0 aliphatic heterocycles. The number of rotatable bonds is 5. The first-order valence-corrected chi connectivity index (χ1v) is 7.67. The molecule has 1 amide bonds. The minimum Gasteiger partial charge on any atom is -0.480 e. The van der Waals surface area contributed by atoms with Gasteiger partial charge < -0.3 is 10.0 Å². The first kappa shape index (κ1) is 17.0. The fourth-order valence-corrected chi connectivity index (χ4v) is 2.47. The third-order valence-corrected chi connectivity index (χ3v) is 4.59. The monoisotopic (exact) mass is 314 g/mol. The lowest BCUT2D eigenvalue weighted by atomic mass is 10.1. The van der Waals surface area contributed by atoms with E-state index >= 15 is 0 Å². The standard InChI is InChI=1S/C13H18N2O5S/c1-8-5-6-10(12(16)15(3)4)7-11(8)14-21(19,20)9(2)13(17)18/h5-7,9,14H,1-4H3,(H,17,18). The number of hydrogen-bond acceptors (Lipinski definition) is 4. The zero-order chi connectivity index (χ0) is 16.4. The molecule has 1 unspecified atom stereocenters. The van der Waals surface area contributed by atoms with Crippen LogP contribution in [0, 0.1) is 6.92 Å². The molecule has 0 bridgehead atoms. The second kappa shape index (κ2) is 6.13. The molecular weight excluding hydrogens is 296 g/mol. The van der Waals surface area contributed by atoms with Gasteiger partial charge in [0.2, 0.25) is 10.0 Å². The van der Waals surface area contributed by atoms with Gasteiger partial charge in [0.25, 0.3) is 5.91 Å². The number of anilines is 1. The Morgan fingerprint density at radius 2 is 1.86 bits per heavy atom. The Kier molecular flexibility index (Phi) is 4.95. The van der Waals surface area contributed by atoms with E-state index in [1.54, 1.807) is 33.2 Å². The van der Waals surface area contributed by atoms with E-state index in [2.05, 4.69) is 4.72 Å². The molecule has 1 rings (SSSR count). The van der Waals surface area contributed by atoms with Gasteiger partial charge in [0, 0.05) is 19.7 Å². The minimum absolute atomic E-state index is 0.191. The lowest BCUT2D eigenvalue weighted by Crippen LogP contribution is -2.32. The van der Waals surface area contributed by atoms with Crippen molar-refractivity contribution in [1.29, 1.82) is 0 Å². The SMILES string of the molecule is Cc1ccc(C(=O)N(C)C)cc1NS(=O)(=O)C(C)C(=O)O. The second-order valence-corrected chi connectivity index (χ2v) is 6.86. The van der Waals surface area contributed by atoms with Crippen molar-refractivity contribution in [3.05, 3.63) is 29.3 Å². The van der Waals surface area contributed by atoms with E-state index < -0.39 is 21.2 Å². The number of nitrogens with one attached hydrogen (secondary N) is 1. The molecule has 0 aromatic heterocycles. The highest BCUT2D eigenvalue weighted by atomic mass is 32.2. The number of amides is 1. The molecule has 0 fully saturated rings. The predicted molar refractivity (Wildman–Crippen MR) is 78.8 cm³/mol. The molecule has 0 aliphatic rings. The van der Waals surface area contributed by atoms with E-state index in [1.165, 1.54) is 11.0 Å². The van der Waals surface area contributed by atoms with Crippen LogP contribution in [-0.2, 0) is 14.8 Å². The number of carboxylic acid groups (broad SMARTS) is 1. The molecule has 2 N–H and O–H groups in total. The highest BCUT2D eigenvalue weighted by molar-refractivity contribution is 7.94. The van der Waals surface area contributed by atoms with Crippen LogP contribution in [0.4, 0.5) is 5.69 Å². The Bertz CT molecular complexity index is 667. The predicted octanol–water partition coefficient (Wildman–Crippen LogP) is 0.912. The van der Waals surface area contributed by atoms with Crippen LogP contribution < -0.4 is 4.72 Å². The van der Waals surface area contributed by atoms with E-state index in [1.807, 2.05) is 0 Å². The Morgan fingerprint density at radius 3 is 2.33 bits per heavy atom. The summed E-state index contributed by atoms with van der Waals surface area (Å²) in [4.78, 5) is 24.0. The van der Waals surface area contributed by atoms with Crippen LogP contribution >= 0.6 is 0 Å². The van der Waals surface area contributed by atoms with Gasteiger partial charge in [-0.2, -0.15) is 0 Å². The van der Waals surface area contributed by atoms with E-state index in [4.69, 9.17) is 5.11 Å². The van der Waals surface area contributed by atoms with Crippen molar-refractivity contribution in [2.45, 2.75) is 19.1 Å². The third-order valence-electron chi connectivity index (χ3n) is 2.96. The first-order valence-electron chi connectivity index (χ1n) is 6.13. The molecular formula is C13H18N2O5S. The van der Waals surface area contributed by atoms with Crippen LogP contribution in [-0.4, -0.2) is 49.6 Å². The molecule has 8 heteroatoms. The van der Waals surface area contributed by atoms with Gasteiger partial charge in [-0.15, -0.1) is 0 Å². The maximum atomic E-state index is 11.9. The average Bonchev–Trinajstić information content (AvgIpc) is 2.39. The normalized spacial score (nSPS) is 12.6. The molecule has 0 aliphatic carbocycles. The highest BCUT2D eigenvalue weighted by Crippen LogP contribution is 2.20. The number of aryl methyl sites for hydroxylation is 1. The lowest BCUT2D eigenvalue weighted by Gasteiger charge is -2.15. The number of hydrogen-bond donors (Lipinski definition) is 2. The number of benzene rings is 1. The average molecular weight is 314 g/mol. The van der Waals surface area contributed by atoms with E-state index in [9.17, 15) is 18.0 Å². The van der Waals surface area contributed by atoms with Gasteiger partial charge in [-0.25, -0.2) is 8.42 Å². The summed E-state index contributed by atoms with van der Waals surface area (Å²) in [7, 11) is -0.908. The molecule has 21 heavy (non-hydrogen) atoms. The summed E-state index contributed by atoms with van der Waals surface area (Å²) in [5.41, 5.74) is 1.09. The third kappa shape index (κ3) is 3.94. The van der Waals surface area contributed by atoms with Crippen LogP contribution in [0.2, 0.25) is 0 Å². The van der Waals surface area contributed by atoms with Gasteiger partial charge in [-0.05, 0) is 31.5 Å². The summed E-state index contributed by atoms with van der Waals surface area (Å²) >= 11 is 0. The van der Waals surface area contributed by atoms with E-state index in [0.29, 0.717) is 11.1 Å². The first-order chi connectivity index (χ1) is 9.56. The highest BCUT2D eigenvalue weighted by Gasteiger charge is 2.28. The molecule has 1 aromatic carbocycles. The lowest BCUT2D eigenvalue weighted by molar-refractivity contribution is -0.136. The summed E-state index contributed by atoms with van der Waals surface area (Å²) in [5.74, 6) is -1.72. The van der Waals surface area contributed by atoms with Crippen molar-refractivity contribution < 1.29 is 23.1 Å². The minimum atomic E-state index is -4.07. The molecule has 0 saturated heterocycles. The van der Waals surface area contributed by atoms with Crippen LogP contribution in [0.1, 0.15) is 22.8 Å². The molecule has 116 valence electrons. The number of carbonyl (C=O) groups excluding carboxylic acids is 1. The zero-order valence-corrected chi connectivity index (χ0v) is 13.1. The molecule has 7 nitrogen and oxygen atoms in total. The van der Waals surface area contributed by atoms with E-state index in [0.717, 1.165) is 6.92 Å². The second-order valence-electron chi connectivity index (χ2n) is 4.86. The topological polar surface area (TPSA) is 104 Å². The van der Waals surface area contributed by atoms with Gasteiger partial charge in [0.05, 0.1) is 5.69 Å². The summed E-state index contributed by atoms with van der Waals surface area (Å²) in [5, 5.41) is 7.21. The fourth-order valence-electron chi connectivity index (χ4n) is 1.50. The van der Waals surface area contributed by atoms with E-state index in [-0.39, 0.29) is 11.6 Å². The van der Waals surface area contributed by atoms with Crippen LogP contribution in [0.15, 0.2) is 18.2 Å². The molecule has 0 radical (unpaired) electrons. The van der Waals surface area contributed by atoms with Gasteiger partial charge >= 0.3 is 5.97 Å². The molecule has 1 atom stereocenters. The van der Waals surface area contributed by atoms with Crippen LogP contribution in [0.3, 0.4) is 0 Å². The largest absolute Gasteiger partial charge is 0.480 e. The van der Waals surface area contributed by atoms with Crippen molar-refractivity contribution in [3.63, 3.8) is 0 Å². The van der Waals surface area contributed by atoms with Crippen molar-refractivity contribution in [1.82, 2.24) is 4.90 Å². The quantitative estimate of drug-likeness (QED) is 0.841. The van der Waals surface area contributed by atoms with Gasteiger partial charge in [-0.1, -0.05) is 6.07 Å².